The molecule has 2 aromatic heterocycles. The number of fused-ring (bicyclic) bond motifs is 1. The fraction of sp³-hybridized carbons (Fsp3) is 0.500. The number of halogens is 2. The summed E-state index contributed by atoms with van der Waals surface area (Å²) < 4.78 is 26.4. The molecule has 3 heterocycles. The van der Waals surface area contributed by atoms with E-state index in [2.05, 4.69) is 25.7 Å². The third kappa shape index (κ3) is 1.50. The van der Waals surface area contributed by atoms with Crippen molar-refractivity contribution in [2.45, 2.75) is 19.6 Å². The second kappa shape index (κ2) is 3.55. The van der Waals surface area contributed by atoms with Crippen LogP contribution in [0.25, 0.3) is 11.6 Å². The normalized spacial score (nSPS) is 14.6. The van der Waals surface area contributed by atoms with Crippen LogP contribution in [-0.4, -0.2) is 29.8 Å². The van der Waals surface area contributed by atoms with Crippen molar-refractivity contribution in [1.82, 2.24) is 35.1 Å². The quantitative estimate of drug-likeness (QED) is 0.805. The van der Waals surface area contributed by atoms with Gasteiger partial charge in [0.1, 0.15) is 0 Å². The van der Waals surface area contributed by atoms with E-state index in [1.807, 2.05) is 0 Å². The van der Waals surface area contributed by atoms with Crippen molar-refractivity contribution in [2.24, 2.45) is 7.05 Å². The molecule has 0 amide bonds. The minimum absolute atomic E-state index is 0.113. The fourth-order valence-electron chi connectivity index (χ4n) is 1.85. The molecule has 1 aliphatic rings. The Labute approximate surface area is 94.4 Å². The van der Waals surface area contributed by atoms with Gasteiger partial charge in [0.2, 0.25) is 5.82 Å². The van der Waals surface area contributed by atoms with E-state index >= 15 is 0 Å². The summed E-state index contributed by atoms with van der Waals surface area (Å²) in [6.45, 7) is -1.40. The maximum atomic E-state index is 12.3. The Hall–Kier alpha value is -1.90. The molecule has 0 fully saturated rings. The van der Waals surface area contributed by atoms with Crippen LogP contribution in [0.3, 0.4) is 0 Å². The summed E-state index contributed by atoms with van der Waals surface area (Å²) in [4.78, 5) is 4.58. The van der Waals surface area contributed by atoms with Crippen molar-refractivity contribution in [3.63, 3.8) is 0 Å². The van der Waals surface area contributed by atoms with Gasteiger partial charge in [-0.05, 0) is 5.21 Å². The molecular weight excluding hydrogens is 232 g/mol. The predicted octanol–water partition coefficient (Wildman–Crippen LogP) is 0.0719. The highest BCUT2D eigenvalue weighted by atomic mass is 19.3. The summed E-state index contributed by atoms with van der Waals surface area (Å²) in [6.07, 6.45) is 0. The lowest BCUT2D eigenvalue weighted by molar-refractivity contribution is 0.0397. The molecule has 0 atom stereocenters. The number of nitrogens with one attached hydrogen (secondary N) is 1. The van der Waals surface area contributed by atoms with Crippen molar-refractivity contribution in [3.8, 4) is 11.6 Å². The summed E-state index contributed by atoms with van der Waals surface area (Å²) in [5.74, 6) is 0.575. The summed E-state index contributed by atoms with van der Waals surface area (Å²) in [6, 6.07) is 0. The lowest BCUT2D eigenvalue weighted by Crippen LogP contribution is -2.07. The molecule has 90 valence electrons. The van der Waals surface area contributed by atoms with Gasteiger partial charge in [-0.1, -0.05) is 4.80 Å². The fourth-order valence-corrected chi connectivity index (χ4v) is 1.85. The predicted molar refractivity (Wildman–Crippen MR) is 51.8 cm³/mol. The minimum Gasteiger partial charge on any atom is -0.327 e. The van der Waals surface area contributed by atoms with E-state index in [4.69, 9.17) is 0 Å². The largest absolute Gasteiger partial charge is 0.350 e. The third-order valence-corrected chi connectivity index (χ3v) is 2.68. The number of rotatable bonds is 2. The molecule has 0 unspecified atom stereocenters. The van der Waals surface area contributed by atoms with Crippen LogP contribution in [0.5, 0.6) is 0 Å². The van der Waals surface area contributed by atoms with Gasteiger partial charge in [0.15, 0.2) is 5.82 Å². The van der Waals surface area contributed by atoms with Crippen LogP contribution in [0.15, 0.2) is 0 Å². The Morgan fingerprint density at radius 2 is 2.18 bits per heavy atom. The number of aromatic nitrogens is 6. The average molecular weight is 241 g/mol. The van der Waals surface area contributed by atoms with Gasteiger partial charge < -0.3 is 9.88 Å². The lowest BCUT2D eigenvalue weighted by Gasteiger charge is -2.00. The van der Waals surface area contributed by atoms with E-state index in [1.165, 1.54) is 0 Å². The highest BCUT2D eigenvalue weighted by Gasteiger charge is 2.23. The van der Waals surface area contributed by atoms with Gasteiger partial charge in [-0.2, -0.15) is 8.78 Å². The Morgan fingerprint density at radius 1 is 1.35 bits per heavy atom. The van der Waals surface area contributed by atoms with Crippen molar-refractivity contribution in [3.05, 3.63) is 11.4 Å². The van der Waals surface area contributed by atoms with Gasteiger partial charge >= 0.3 is 6.55 Å². The zero-order chi connectivity index (χ0) is 12.0. The average Bonchev–Trinajstić information content (AvgIpc) is 2.95. The topological polar surface area (TPSA) is 73.5 Å². The smallest absolute Gasteiger partial charge is 0.327 e. The zero-order valence-electron chi connectivity index (χ0n) is 8.93. The van der Waals surface area contributed by atoms with Gasteiger partial charge in [-0.25, -0.2) is 4.98 Å². The maximum absolute atomic E-state index is 12.3. The van der Waals surface area contributed by atoms with Gasteiger partial charge in [-0.15, -0.1) is 10.2 Å². The zero-order valence-corrected chi connectivity index (χ0v) is 8.93. The van der Waals surface area contributed by atoms with Crippen LogP contribution in [0.2, 0.25) is 0 Å². The second-order valence-electron chi connectivity index (χ2n) is 3.70. The molecule has 0 bridgehead atoms. The van der Waals surface area contributed by atoms with E-state index in [9.17, 15) is 8.78 Å². The maximum Gasteiger partial charge on any atom is 0.350 e. The van der Waals surface area contributed by atoms with Gasteiger partial charge in [0, 0.05) is 20.1 Å². The van der Waals surface area contributed by atoms with Crippen molar-refractivity contribution >= 4 is 0 Å². The Balaban J connectivity index is 2.03. The Kier molecular flexibility index (Phi) is 2.15. The van der Waals surface area contributed by atoms with E-state index in [1.54, 1.807) is 11.6 Å². The summed E-state index contributed by atoms with van der Waals surface area (Å²) >= 11 is 0. The third-order valence-electron chi connectivity index (χ3n) is 2.68. The van der Waals surface area contributed by atoms with Gasteiger partial charge in [-0.3, -0.25) is 0 Å². The van der Waals surface area contributed by atoms with Crippen LogP contribution in [0.4, 0.5) is 8.78 Å². The number of hydrogen-bond donors (Lipinski definition) is 1. The van der Waals surface area contributed by atoms with Crippen LogP contribution in [0, 0.1) is 0 Å². The number of hydrogen-bond acceptors (Lipinski definition) is 5. The van der Waals surface area contributed by atoms with Crippen molar-refractivity contribution < 1.29 is 8.78 Å². The monoisotopic (exact) mass is 241 g/mol. The van der Waals surface area contributed by atoms with E-state index in [-0.39, 0.29) is 10.6 Å². The van der Waals surface area contributed by atoms with Crippen molar-refractivity contribution in [2.75, 3.05) is 0 Å². The minimum atomic E-state index is -2.79. The highest BCUT2D eigenvalue weighted by Crippen LogP contribution is 2.21. The number of alkyl halides is 2. The molecule has 0 saturated carbocycles. The second-order valence-corrected chi connectivity index (χ2v) is 3.70. The van der Waals surface area contributed by atoms with E-state index < -0.39 is 6.55 Å². The standard InChI is InChI=1S/C8H9F2N7/c1-16-5-3-11-2-4(5)12-7(16)6-13-15-17(14-6)8(9)10/h8,11H,2-3H2,1H3. The molecule has 7 nitrogen and oxygen atoms in total. The summed E-state index contributed by atoms with van der Waals surface area (Å²) in [5.41, 5.74) is 1.92. The molecule has 0 radical (unpaired) electrons. The first-order chi connectivity index (χ1) is 8.16. The first-order valence-electron chi connectivity index (χ1n) is 5.00. The molecule has 3 rings (SSSR count). The molecule has 0 aliphatic carbocycles. The Morgan fingerprint density at radius 3 is 2.82 bits per heavy atom. The Bertz CT molecular complexity index is 558. The summed E-state index contributed by atoms with van der Waals surface area (Å²) in [5, 5.41) is 13.6. The molecular formula is C8H9F2N7. The van der Waals surface area contributed by atoms with Crippen molar-refractivity contribution in [1.29, 1.82) is 0 Å². The highest BCUT2D eigenvalue weighted by molar-refractivity contribution is 5.45. The van der Waals surface area contributed by atoms with Crippen LogP contribution < -0.4 is 5.32 Å². The number of imidazole rings is 1. The first-order valence-corrected chi connectivity index (χ1v) is 5.00. The number of nitrogens with zero attached hydrogens (tertiary/aromatic N) is 6. The number of tetrazole rings is 1. The first kappa shape index (κ1) is 10.3. The van der Waals surface area contributed by atoms with Gasteiger partial charge in [0.05, 0.1) is 11.4 Å². The molecule has 0 spiro atoms. The van der Waals surface area contributed by atoms with E-state index in [0.29, 0.717) is 18.9 Å². The molecule has 2 aromatic rings. The van der Waals surface area contributed by atoms with E-state index in [0.717, 1.165) is 11.4 Å². The molecule has 0 saturated heterocycles. The molecule has 0 aromatic carbocycles. The molecule has 9 heteroatoms. The van der Waals surface area contributed by atoms with Crippen LogP contribution >= 0.6 is 0 Å². The van der Waals surface area contributed by atoms with Crippen LogP contribution in [0.1, 0.15) is 17.9 Å². The molecule has 17 heavy (non-hydrogen) atoms. The van der Waals surface area contributed by atoms with Gasteiger partial charge in [0.25, 0.3) is 0 Å². The molecule has 1 aliphatic heterocycles. The molecule has 1 N–H and O–H groups in total. The van der Waals surface area contributed by atoms with Crippen LogP contribution in [-0.2, 0) is 20.1 Å². The SMILES string of the molecule is Cn1c(-c2nnn(C(F)F)n2)nc2c1CNC2. The lowest BCUT2D eigenvalue weighted by atomic mass is 10.4. The summed E-state index contributed by atoms with van der Waals surface area (Å²) in [7, 11) is 1.80.